The molecule has 9 heteroatoms. The fraction of sp³-hybridized carbons (Fsp3) is 0.520. The standard InChI is InChI=1S/C25H32FN5O2S/c1-17(16-32)34-29-19-5-6-20(21(13-19)30-11-9-25(7-8-25)10-12-30)24(33)28-22-3-2-4-23(27-22)31-14-18(26)15-31/h2-6,13,17-18,29,32H,7-12,14-16H2,1H3,(H,27,28,33)/t17-/m0/s1. The summed E-state index contributed by atoms with van der Waals surface area (Å²) in [6, 6.07) is 11.2. The lowest BCUT2D eigenvalue weighted by molar-refractivity contribution is 0.102. The number of alkyl halides is 1. The van der Waals surface area contributed by atoms with Crippen molar-refractivity contribution in [1.82, 2.24) is 4.98 Å². The summed E-state index contributed by atoms with van der Waals surface area (Å²) in [4.78, 5) is 22.0. The van der Waals surface area contributed by atoms with Gasteiger partial charge in [0.2, 0.25) is 0 Å². The topological polar surface area (TPSA) is 80.7 Å². The number of benzene rings is 1. The van der Waals surface area contributed by atoms with Crippen LogP contribution in [0.4, 0.5) is 27.4 Å². The number of pyridine rings is 1. The first-order valence-corrected chi connectivity index (χ1v) is 12.9. The summed E-state index contributed by atoms with van der Waals surface area (Å²) in [5, 5.41) is 12.3. The van der Waals surface area contributed by atoms with E-state index in [0.717, 1.165) is 37.3 Å². The number of halogens is 1. The Morgan fingerprint density at radius 1 is 1.21 bits per heavy atom. The van der Waals surface area contributed by atoms with E-state index in [1.807, 2.05) is 42.2 Å². The molecule has 3 fully saturated rings. The summed E-state index contributed by atoms with van der Waals surface area (Å²) < 4.78 is 16.6. The maximum Gasteiger partial charge on any atom is 0.258 e. The Bertz CT molecular complexity index is 1030. The number of aliphatic hydroxyl groups is 1. The molecular weight excluding hydrogens is 453 g/mol. The van der Waals surface area contributed by atoms with E-state index >= 15 is 0 Å². The number of piperidine rings is 1. The third-order valence-electron chi connectivity index (χ3n) is 7.14. The van der Waals surface area contributed by atoms with Crippen LogP contribution in [-0.2, 0) is 0 Å². The molecule has 0 unspecified atom stereocenters. The Hall–Kier alpha value is -2.52. The van der Waals surface area contributed by atoms with Gasteiger partial charge in [-0.25, -0.2) is 9.37 Å². The van der Waals surface area contributed by atoms with E-state index in [4.69, 9.17) is 0 Å². The minimum absolute atomic E-state index is 0.0635. The average Bonchev–Trinajstić information content (AvgIpc) is 3.59. The van der Waals surface area contributed by atoms with E-state index < -0.39 is 6.17 Å². The summed E-state index contributed by atoms with van der Waals surface area (Å²) >= 11 is 1.46. The Labute approximate surface area is 204 Å². The molecule has 3 heterocycles. The number of carbonyl (C=O) groups is 1. The molecule has 1 spiro atoms. The molecule has 1 aromatic carbocycles. The number of anilines is 4. The van der Waals surface area contributed by atoms with Gasteiger partial charge in [-0.05, 0) is 80.3 Å². The third kappa shape index (κ3) is 5.10. The molecule has 34 heavy (non-hydrogen) atoms. The fourth-order valence-corrected chi connectivity index (χ4v) is 5.16. The van der Waals surface area contributed by atoms with Gasteiger partial charge in [-0.1, -0.05) is 6.07 Å². The maximum absolute atomic E-state index is 13.3. The second-order valence-electron chi connectivity index (χ2n) is 9.77. The molecule has 2 aliphatic heterocycles. The molecular formula is C25H32FN5O2S. The Balaban J connectivity index is 1.35. The van der Waals surface area contributed by atoms with Crippen LogP contribution < -0.4 is 19.8 Å². The van der Waals surface area contributed by atoms with Gasteiger partial charge in [0, 0.05) is 24.0 Å². The molecule has 1 atom stereocenters. The summed E-state index contributed by atoms with van der Waals surface area (Å²) in [7, 11) is 0. The number of carbonyl (C=O) groups excluding carboxylic acids is 1. The Morgan fingerprint density at radius 2 is 1.97 bits per heavy atom. The van der Waals surface area contributed by atoms with Crippen molar-refractivity contribution in [2.45, 2.75) is 44.0 Å². The number of aliphatic hydroxyl groups excluding tert-OH is 1. The minimum Gasteiger partial charge on any atom is -0.395 e. The number of nitrogens with one attached hydrogen (secondary N) is 2. The van der Waals surface area contributed by atoms with Crippen molar-refractivity contribution in [3.05, 3.63) is 42.0 Å². The first-order chi connectivity index (χ1) is 16.4. The van der Waals surface area contributed by atoms with E-state index in [0.29, 0.717) is 35.7 Å². The molecule has 0 bridgehead atoms. The lowest BCUT2D eigenvalue weighted by Gasteiger charge is -2.35. The van der Waals surface area contributed by atoms with Crippen LogP contribution in [0, 0.1) is 5.41 Å². The lowest BCUT2D eigenvalue weighted by Crippen LogP contribution is -2.48. The van der Waals surface area contributed by atoms with E-state index in [-0.39, 0.29) is 17.8 Å². The predicted octanol–water partition coefficient (Wildman–Crippen LogP) is 4.31. The zero-order valence-electron chi connectivity index (χ0n) is 19.5. The lowest BCUT2D eigenvalue weighted by atomic mass is 9.93. The van der Waals surface area contributed by atoms with Crippen molar-refractivity contribution in [3.63, 3.8) is 0 Å². The highest BCUT2D eigenvalue weighted by Gasteiger charge is 2.44. The normalized spacial score (nSPS) is 20.1. The van der Waals surface area contributed by atoms with Crippen molar-refractivity contribution >= 4 is 40.9 Å². The molecule has 1 aromatic heterocycles. The molecule has 7 nitrogen and oxygen atoms in total. The summed E-state index contributed by atoms with van der Waals surface area (Å²) in [5.41, 5.74) is 2.97. The fourth-order valence-electron chi connectivity index (χ4n) is 4.62. The second-order valence-corrected chi connectivity index (χ2v) is 11.0. The van der Waals surface area contributed by atoms with Gasteiger partial charge < -0.3 is 24.9 Å². The summed E-state index contributed by atoms with van der Waals surface area (Å²) in [5.74, 6) is 0.925. The van der Waals surface area contributed by atoms with E-state index in [1.165, 1.54) is 24.8 Å². The number of hydrogen-bond acceptors (Lipinski definition) is 7. The SMILES string of the molecule is C[C@@H](CO)SNc1ccc(C(=O)Nc2cccc(N3CC(F)C3)n2)c(N2CCC3(CC2)CC3)c1. The second kappa shape index (κ2) is 9.62. The monoisotopic (exact) mass is 485 g/mol. The zero-order chi connectivity index (χ0) is 23.7. The van der Waals surface area contributed by atoms with Crippen LogP contribution in [0.5, 0.6) is 0 Å². The first-order valence-electron chi connectivity index (χ1n) is 12.0. The van der Waals surface area contributed by atoms with Gasteiger partial charge >= 0.3 is 0 Å². The number of aromatic nitrogens is 1. The third-order valence-corrected chi connectivity index (χ3v) is 8.04. The predicted molar refractivity (Wildman–Crippen MR) is 137 cm³/mol. The molecule has 1 saturated carbocycles. The van der Waals surface area contributed by atoms with Crippen LogP contribution in [0.2, 0.25) is 0 Å². The van der Waals surface area contributed by atoms with Crippen LogP contribution in [0.15, 0.2) is 36.4 Å². The highest BCUT2D eigenvalue weighted by Crippen LogP contribution is 2.54. The van der Waals surface area contributed by atoms with Crippen molar-refractivity contribution in [2.24, 2.45) is 5.41 Å². The smallest absolute Gasteiger partial charge is 0.258 e. The molecule has 1 aliphatic carbocycles. The van der Waals surface area contributed by atoms with Gasteiger partial charge in [0.25, 0.3) is 5.91 Å². The molecule has 2 saturated heterocycles. The molecule has 0 radical (unpaired) electrons. The van der Waals surface area contributed by atoms with Crippen LogP contribution in [0.25, 0.3) is 0 Å². The quantitative estimate of drug-likeness (QED) is 0.481. The molecule has 5 rings (SSSR count). The van der Waals surface area contributed by atoms with Crippen molar-refractivity contribution in [1.29, 1.82) is 0 Å². The number of hydrogen-bond donors (Lipinski definition) is 3. The van der Waals surface area contributed by atoms with Gasteiger partial charge in [0.05, 0.1) is 30.9 Å². The number of amides is 1. The van der Waals surface area contributed by atoms with Gasteiger partial charge in [-0.2, -0.15) is 0 Å². The summed E-state index contributed by atoms with van der Waals surface area (Å²) in [6.07, 6.45) is 4.17. The maximum atomic E-state index is 13.3. The first kappa shape index (κ1) is 23.2. The zero-order valence-corrected chi connectivity index (χ0v) is 20.3. The van der Waals surface area contributed by atoms with E-state index in [2.05, 4.69) is 19.9 Å². The van der Waals surface area contributed by atoms with Crippen LogP contribution in [0.3, 0.4) is 0 Å². The molecule has 182 valence electrons. The highest BCUT2D eigenvalue weighted by molar-refractivity contribution is 8.01. The van der Waals surface area contributed by atoms with Crippen LogP contribution >= 0.6 is 11.9 Å². The Morgan fingerprint density at radius 3 is 2.65 bits per heavy atom. The number of rotatable bonds is 8. The van der Waals surface area contributed by atoms with Gasteiger partial charge in [0.15, 0.2) is 0 Å². The highest BCUT2D eigenvalue weighted by atomic mass is 32.2. The Kier molecular flexibility index (Phi) is 6.57. The largest absolute Gasteiger partial charge is 0.395 e. The number of nitrogens with zero attached hydrogens (tertiary/aromatic N) is 3. The van der Waals surface area contributed by atoms with Gasteiger partial charge in [0.1, 0.15) is 17.8 Å². The minimum atomic E-state index is -0.812. The van der Waals surface area contributed by atoms with Crippen LogP contribution in [0.1, 0.15) is 43.0 Å². The van der Waals surface area contributed by atoms with Gasteiger partial charge in [-0.3, -0.25) is 4.79 Å². The van der Waals surface area contributed by atoms with Crippen molar-refractivity contribution < 1.29 is 14.3 Å². The van der Waals surface area contributed by atoms with Gasteiger partial charge in [-0.15, -0.1) is 0 Å². The molecule has 2 aromatic rings. The van der Waals surface area contributed by atoms with Crippen molar-refractivity contribution in [3.8, 4) is 0 Å². The van der Waals surface area contributed by atoms with E-state index in [1.54, 1.807) is 6.07 Å². The molecule has 3 aliphatic rings. The molecule has 3 N–H and O–H groups in total. The van der Waals surface area contributed by atoms with Crippen LogP contribution in [-0.4, -0.2) is 60.2 Å². The van der Waals surface area contributed by atoms with Crippen molar-refractivity contribution in [2.75, 3.05) is 52.6 Å². The van der Waals surface area contributed by atoms with E-state index in [9.17, 15) is 14.3 Å². The molecule has 1 amide bonds. The average molecular weight is 486 g/mol. The summed E-state index contributed by atoms with van der Waals surface area (Å²) in [6.45, 7) is 4.61.